The molecule has 0 aliphatic carbocycles. The summed E-state index contributed by atoms with van der Waals surface area (Å²) in [6, 6.07) is 5.46. The second-order valence-electron chi connectivity index (χ2n) is 5.04. The zero-order valence-electron chi connectivity index (χ0n) is 13.2. The van der Waals surface area contributed by atoms with Gasteiger partial charge in [0.25, 0.3) is 0 Å². The molecule has 11 heteroatoms. The minimum absolute atomic E-state index is 0.198. The Hall–Kier alpha value is -2.10. The van der Waals surface area contributed by atoms with E-state index in [1.807, 2.05) is 12.1 Å². The average Bonchev–Trinajstić information content (AvgIpc) is 3.14. The van der Waals surface area contributed by atoms with Crippen molar-refractivity contribution < 1.29 is 9.42 Å². The van der Waals surface area contributed by atoms with Crippen molar-refractivity contribution in [1.29, 1.82) is 0 Å². The molecule has 2 aromatic heterocycles. The molecule has 0 saturated carbocycles. The van der Waals surface area contributed by atoms with Gasteiger partial charge in [-0.1, -0.05) is 41.0 Å². The highest BCUT2D eigenvalue weighted by Gasteiger charge is 2.20. The molecule has 25 heavy (non-hydrogen) atoms. The van der Waals surface area contributed by atoms with E-state index >= 15 is 0 Å². The lowest BCUT2D eigenvalue weighted by molar-refractivity contribution is -0.114. The molecule has 1 amide bonds. The van der Waals surface area contributed by atoms with Gasteiger partial charge < -0.3 is 9.88 Å². The third-order valence-electron chi connectivity index (χ3n) is 3.18. The molecule has 3 aromatic rings. The standard InChI is InChI=1S/C14H12Cl2N6O2S/c1-7(23)17-12-11(20-24-21-12)13-18-19-14(22(13)2)25-6-8-3-4-9(15)10(16)5-8/h3-5H,6H2,1-2H3,(H,17,21,23). The first kappa shape index (κ1) is 17.7. The molecule has 0 fully saturated rings. The second-order valence-corrected chi connectivity index (χ2v) is 6.80. The maximum Gasteiger partial charge on any atom is 0.222 e. The molecule has 130 valence electrons. The number of hydrogen-bond acceptors (Lipinski definition) is 7. The number of amides is 1. The number of carbonyl (C=O) groups is 1. The Kier molecular flexibility index (Phi) is 5.26. The van der Waals surface area contributed by atoms with Crippen molar-refractivity contribution in [2.24, 2.45) is 7.05 Å². The minimum Gasteiger partial charge on any atom is -0.306 e. The van der Waals surface area contributed by atoms with Crippen LogP contribution in [0.4, 0.5) is 5.82 Å². The fraction of sp³-hybridized carbons (Fsp3) is 0.214. The van der Waals surface area contributed by atoms with Crippen LogP contribution in [0.5, 0.6) is 0 Å². The Morgan fingerprint density at radius 2 is 2.08 bits per heavy atom. The second kappa shape index (κ2) is 7.42. The van der Waals surface area contributed by atoms with Crippen molar-refractivity contribution in [3.63, 3.8) is 0 Å². The molecule has 0 saturated heterocycles. The zero-order valence-corrected chi connectivity index (χ0v) is 15.5. The van der Waals surface area contributed by atoms with Gasteiger partial charge in [0.1, 0.15) is 0 Å². The van der Waals surface area contributed by atoms with E-state index in [1.54, 1.807) is 17.7 Å². The molecule has 3 rings (SSSR count). The zero-order chi connectivity index (χ0) is 18.0. The lowest BCUT2D eigenvalue weighted by Gasteiger charge is -2.04. The monoisotopic (exact) mass is 398 g/mol. The van der Waals surface area contributed by atoms with Crippen LogP contribution >= 0.6 is 35.0 Å². The molecule has 0 atom stereocenters. The molecule has 8 nitrogen and oxygen atoms in total. The van der Waals surface area contributed by atoms with Crippen LogP contribution in [0.3, 0.4) is 0 Å². The highest BCUT2D eigenvalue weighted by molar-refractivity contribution is 7.98. The van der Waals surface area contributed by atoms with Crippen LogP contribution in [0.25, 0.3) is 11.5 Å². The van der Waals surface area contributed by atoms with E-state index in [0.717, 1.165) is 5.56 Å². The number of halogens is 2. The first-order valence-electron chi connectivity index (χ1n) is 7.02. The van der Waals surface area contributed by atoms with Crippen LogP contribution in [-0.4, -0.2) is 31.0 Å². The molecule has 2 heterocycles. The van der Waals surface area contributed by atoms with E-state index < -0.39 is 0 Å². The number of nitrogens with one attached hydrogen (secondary N) is 1. The lowest BCUT2D eigenvalue weighted by atomic mass is 10.2. The summed E-state index contributed by atoms with van der Waals surface area (Å²) >= 11 is 13.4. The predicted molar refractivity (Wildman–Crippen MR) is 94.6 cm³/mol. The smallest absolute Gasteiger partial charge is 0.222 e. The molecule has 1 aromatic carbocycles. The number of nitrogens with zero attached hydrogens (tertiary/aromatic N) is 5. The Morgan fingerprint density at radius 3 is 2.80 bits per heavy atom. The van der Waals surface area contributed by atoms with Crippen LogP contribution in [0.1, 0.15) is 12.5 Å². The summed E-state index contributed by atoms with van der Waals surface area (Å²) in [5.74, 6) is 0.984. The largest absolute Gasteiger partial charge is 0.306 e. The Bertz CT molecular complexity index is 926. The predicted octanol–water partition coefficient (Wildman–Crippen LogP) is 3.42. The van der Waals surface area contributed by atoms with Gasteiger partial charge in [-0.2, -0.15) is 0 Å². The van der Waals surface area contributed by atoms with E-state index in [4.69, 9.17) is 23.2 Å². The number of anilines is 1. The fourth-order valence-electron chi connectivity index (χ4n) is 2.01. The molecular formula is C14H12Cl2N6O2S. The number of carbonyl (C=O) groups excluding carboxylic acids is 1. The van der Waals surface area contributed by atoms with Gasteiger partial charge in [0.05, 0.1) is 10.0 Å². The normalized spacial score (nSPS) is 10.9. The molecule has 0 unspecified atom stereocenters. The molecule has 1 N–H and O–H groups in total. The van der Waals surface area contributed by atoms with Crippen molar-refractivity contribution in [2.75, 3.05) is 5.32 Å². The summed E-state index contributed by atoms with van der Waals surface area (Å²) in [5.41, 5.74) is 1.32. The lowest BCUT2D eigenvalue weighted by Crippen LogP contribution is -2.08. The van der Waals surface area contributed by atoms with Crippen LogP contribution in [0.2, 0.25) is 10.0 Å². The summed E-state index contributed by atoms with van der Waals surface area (Å²) < 4.78 is 6.43. The van der Waals surface area contributed by atoms with E-state index in [1.165, 1.54) is 18.7 Å². The van der Waals surface area contributed by atoms with Crippen molar-refractivity contribution in [3.05, 3.63) is 33.8 Å². The highest BCUT2D eigenvalue weighted by atomic mass is 35.5. The minimum atomic E-state index is -0.284. The SMILES string of the molecule is CC(=O)Nc1nonc1-c1nnc(SCc2ccc(Cl)c(Cl)c2)n1C. The molecular weight excluding hydrogens is 387 g/mol. The molecule has 0 spiro atoms. The topological polar surface area (TPSA) is 98.7 Å². The van der Waals surface area contributed by atoms with Gasteiger partial charge in [0.15, 0.2) is 16.7 Å². The van der Waals surface area contributed by atoms with Crippen molar-refractivity contribution in [2.45, 2.75) is 17.8 Å². The van der Waals surface area contributed by atoms with Crippen LogP contribution < -0.4 is 5.32 Å². The fourth-order valence-corrected chi connectivity index (χ4v) is 3.18. The molecule has 0 aliphatic heterocycles. The van der Waals surface area contributed by atoms with Gasteiger partial charge in [0, 0.05) is 19.7 Å². The Morgan fingerprint density at radius 1 is 1.28 bits per heavy atom. The van der Waals surface area contributed by atoms with E-state index in [0.29, 0.717) is 32.5 Å². The maximum atomic E-state index is 11.2. The van der Waals surface area contributed by atoms with Gasteiger partial charge in [0.2, 0.25) is 11.7 Å². The molecule has 0 aliphatic rings. The van der Waals surface area contributed by atoms with Crippen molar-refractivity contribution in [3.8, 4) is 11.5 Å². The van der Waals surface area contributed by atoms with Gasteiger partial charge in [-0.15, -0.1) is 10.2 Å². The third kappa shape index (κ3) is 3.94. The molecule has 0 bridgehead atoms. The van der Waals surface area contributed by atoms with Crippen molar-refractivity contribution >= 4 is 46.7 Å². The highest BCUT2D eigenvalue weighted by Crippen LogP contribution is 2.29. The van der Waals surface area contributed by atoms with Crippen LogP contribution in [0.15, 0.2) is 28.0 Å². The van der Waals surface area contributed by atoms with E-state index in [9.17, 15) is 4.79 Å². The number of aromatic nitrogens is 5. The summed E-state index contributed by atoms with van der Waals surface area (Å²) in [6.45, 7) is 1.37. The van der Waals surface area contributed by atoms with Crippen molar-refractivity contribution in [1.82, 2.24) is 25.1 Å². The van der Waals surface area contributed by atoms with Gasteiger partial charge in [-0.25, -0.2) is 4.63 Å². The average molecular weight is 399 g/mol. The van der Waals surface area contributed by atoms with Gasteiger partial charge >= 0.3 is 0 Å². The summed E-state index contributed by atoms with van der Waals surface area (Å²) in [6.07, 6.45) is 0. The maximum absolute atomic E-state index is 11.2. The van der Waals surface area contributed by atoms with Crippen LogP contribution in [0, 0.1) is 0 Å². The van der Waals surface area contributed by atoms with E-state index in [2.05, 4.69) is 30.5 Å². The Labute approximate surface area is 156 Å². The van der Waals surface area contributed by atoms with Crippen LogP contribution in [-0.2, 0) is 17.6 Å². The number of benzene rings is 1. The first-order valence-corrected chi connectivity index (χ1v) is 8.76. The number of rotatable bonds is 5. The number of hydrogen-bond donors (Lipinski definition) is 1. The summed E-state index contributed by atoms with van der Waals surface area (Å²) in [5, 5.41) is 19.9. The molecule has 0 radical (unpaired) electrons. The Balaban J connectivity index is 1.78. The third-order valence-corrected chi connectivity index (χ3v) is 5.01. The first-order chi connectivity index (χ1) is 12.0. The van der Waals surface area contributed by atoms with Gasteiger partial charge in [-0.05, 0) is 28.0 Å². The van der Waals surface area contributed by atoms with E-state index in [-0.39, 0.29) is 11.7 Å². The summed E-state index contributed by atoms with van der Waals surface area (Å²) in [7, 11) is 1.79. The quantitative estimate of drug-likeness (QED) is 0.657. The summed E-state index contributed by atoms with van der Waals surface area (Å²) in [4.78, 5) is 11.2. The number of thioether (sulfide) groups is 1. The van der Waals surface area contributed by atoms with Gasteiger partial charge in [-0.3, -0.25) is 4.79 Å².